The van der Waals surface area contributed by atoms with E-state index in [1.165, 1.54) is 43.1 Å². The molecular formula is C18H16N4O5S3. The van der Waals surface area contributed by atoms with E-state index in [1.54, 1.807) is 0 Å². The quantitative estimate of drug-likeness (QED) is 0.340. The van der Waals surface area contributed by atoms with Crippen molar-refractivity contribution in [3.8, 4) is 5.75 Å². The summed E-state index contributed by atoms with van der Waals surface area (Å²) in [5, 5.41) is 18.9. The van der Waals surface area contributed by atoms with Gasteiger partial charge in [-0.1, -0.05) is 25.3 Å². The normalized spacial score (nSPS) is 11.1. The molecule has 12 heteroatoms. The molecule has 3 rings (SSSR count). The molecule has 0 aliphatic rings. The fourth-order valence-electron chi connectivity index (χ4n) is 2.57. The summed E-state index contributed by atoms with van der Waals surface area (Å²) in [6.07, 6.45) is 4.09. The number of phenolic OH excluding ortho intramolecular Hbond substituents is 1. The number of sulfonamides is 1. The smallest absolute Gasteiger partial charge is 0.349 e. The second kappa shape index (κ2) is 8.73. The van der Waals surface area contributed by atoms with Gasteiger partial charge in [0.25, 0.3) is 10.0 Å². The molecule has 0 fully saturated rings. The summed E-state index contributed by atoms with van der Waals surface area (Å²) >= 11 is 2.00. The molecule has 0 atom stereocenters. The number of thiophene rings is 1. The molecule has 0 aliphatic heterocycles. The van der Waals surface area contributed by atoms with E-state index in [-0.39, 0.29) is 26.8 Å². The standard InChI is InChI=1S/C18H16N4O5S3/c1-4-10-11(5-2)15(23)13(29-18-19-9-20-21-18)8-12(10)22-30(25,26)14-6-7-28-16(14)17(24)27-3/h4-9,22-23H,1-2H2,3H3,(H,19,20,21). The lowest BCUT2D eigenvalue weighted by Gasteiger charge is -2.16. The number of hydrogen-bond donors (Lipinski definition) is 3. The maximum atomic E-state index is 13.0. The van der Waals surface area contributed by atoms with Gasteiger partial charge in [0.15, 0.2) is 5.16 Å². The SMILES string of the molecule is C=Cc1c(NS(=O)(=O)c2ccsc2C(=O)OC)cc(Sc2ncn[nH]2)c(O)c1C=C. The highest BCUT2D eigenvalue weighted by Crippen LogP contribution is 2.42. The van der Waals surface area contributed by atoms with Crippen LogP contribution in [0.1, 0.15) is 20.8 Å². The number of methoxy groups -OCH3 is 1. The number of aromatic nitrogens is 3. The maximum absolute atomic E-state index is 13.0. The van der Waals surface area contributed by atoms with Gasteiger partial charge in [0, 0.05) is 11.1 Å². The van der Waals surface area contributed by atoms with Crippen LogP contribution < -0.4 is 4.72 Å². The van der Waals surface area contributed by atoms with Crippen LogP contribution in [0.2, 0.25) is 0 Å². The van der Waals surface area contributed by atoms with Gasteiger partial charge in [0.2, 0.25) is 0 Å². The van der Waals surface area contributed by atoms with Crippen LogP contribution in [0.3, 0.4) is 0 Å². The number of nitrogens with one attached hydrogen (secondary N) is 2. The number of anilines is 1. The molecule has 0 unspecified atom stereocenters. The van der Waals surface area contributed by atoms with Crippen molar-refractivity contribution in [2.75, 3.05) is 11.8 Å². The Labute approximate surface area is 180 Å². The number of aromatic amines is 1. The lowest BCUT2D eigenvalue weighted by Crippen LogP contribution is -2.16. The first-order valence-electron chi connectivity index (χ1n) is 8.19. The molecular weight excluding hydrogens is 448 g/mol. The zero-order valence-electron chi connectivity index (χ0n) is 15.6. The molecule has 0 saturated carbocycles. The number of carbonyl (C=O) groups is 1. The van der Waals surface area contributed by atoms with Crippen molar-refractivity contribution in [1.82, 2.24) is 15.2 Å². The Kier molecular flexibility index (Phi) is 6.29. The Hall–Kier alpha value is -3.09. The molecule has 2 aromatic heterocycles. The van der Waals surface area contributed by atoms with E-state index < -0.39 is 16.0 Å². The monoisotopic (exact) mass is 464 g/mol. The second-order valence-electron chi connectivity index (χ2n) is 5.61. The zero-order valence-corrected chi connectivity index (χ0v) is 18.0. The molecule has 2 heterocycles. The van der Waals surface area contributed by atoms with Crippen LogP contribution in [0.15, 0.2) is 51.9 Å². The third kappa shape index (κ3) is 4.10. The third-order valence-corrected chi connectivity index (χ3v) is 7.24. The number of nitrogens with zero attached hydrogens (tertiary/aromatic N) is 2. The molecule has 9 nitrogen and oxygen atoms in total. The Morgan fingerprint density at radius 1 is 1.37 bits per heavy atom. The highest BCUT2D eigenvalue weighted by molar-refractivity contribution is 7.99. The van der Waals surface area contributed by atoms with Crippen molar-refractivity contribution in [3.05, 3.63) is 53.0 Å². The zero-order chi connectivity index (χ0) is 21.9. The molecule has 0 aliphatic carbocycles. The summed E-state index contributed by atoms with van der Waals surface area (Å²) in [7, 11) is -2.98. The van der Waals surface area contributed by atoms with Gasteiger partial charge in [-0.3, -0.25) is 9.82 Å². The molecule has 0 bridgehead atoms. The van der Waals surface area contributed by atoms with Crippen molar-refractivity contribution in [3.63, 3.8) is 0 Å². The summed E-state index contributed by atoms with van der Waals surface area (Å²) in [5.74, 6) is -0.872. The van der Waals surface area contributed by atoms with E-state index in [9.17, 15) is 18.3 Å². The van der Waals surface area contributed by atoms with Crippen molar-refractivity contribution < 1.29 is 23.1 Å². The maximum Gasteiger partial charge on any atom is 0.349 e. The van der Waals surface area contributed by atoms with E-state index in [4.69, 9.17) is 0 Å². The minimum absolute atomic E-state index is 0.0517. The van der Waals surface area contributed by atoms with Gasteiger partial charge in [-0.15, -0.1) is 11.3 Å². The molecule has 0 spiro atoms. The van der Waals surface area contributed by atoms with E-state index in [0.717, 1.165) is 23.1 Å². The average molecular weight is 465 g/mol. The van der Waals surface area contributed by atoms with Crippen LogP contribution in [0.5, 0.6) is 5.75 Å². The summed E-state index contributed by atoms with van der Waals surface area (Å²) in [6.45, 7) is 7.38. The Bertz CT molecular complexity index is 1220. The van der Waals surface area contributed by atoms with E-state index in [1.807, 2.05) is 0 Å². The Morgan fingerprint density at radius 2 is 2.10 bits per heavy atom. The number of hydrogen-bond acceptors (Lipinski definition) is 9. The average Bonchev–Trinajstić information content (AvgIpc) is 3.41. The van der Waals surface area contributed by atoms with E-state index >= 15 is 0 Å². The number of H-pyrrole nitrogens is 1. The summed E-state index contributed by atoms with van der Waals surface area (Å²) in [5.41, 5.74) is 0.746. The number of carbonyl (C=O) groups excluding carboxylic acids is 1. The lowest BCUT2D eigenvalue weighted by molar-refractivity contribution is 0.0602. The van der Waals surface area contributed by atoms with Crippen molar-refractivity contribution in [2.45, 2.75) is 14.9 Å². The number of aromatic hydroxyl groups is 1. The van der Waals surface area contributed by atoms with Gasteiger partial charge < -0.3 is 9.84 Å². The summed E-state index contributed by atoms with van der Waals surface area (Å²) < 4.78 is 33.1. The Balaban J connectivity index is 2.11. The predicted molar refractivity (Wildman–Crippen MR) is 115 cm³/mol. The van der Waals surface area contributed by atoms with Crippen LogP contribution in [-0.4, -0.2) is 41.8 Å². The van der Waals surface area contributed by atoms with Gasteiger partial charge in [0.1, 0.15) is 21.8 Å². The number of phenols is 1. The number of benzene rings is 1. The van der Waals surface area contributed by atoms with Gasteiger partial charge in [0.05, 0.1) is 17.7 Å². The first-order valence-corrected chi connectivity index (χ1v) is 11.4. The van der Waals surface area contributed by atoms with Gasteiger partial charge in [-0.2, -0.15) is 5.10 Å². The summed E-state index contributed by atoms with van der Waals surface area (Å²) in [6, 6.07) is 2.75. The minimum atomic E-state index is -4.15. The number of rotatable bonds is 8. The first-order chi connectivity index (χ1) is 14.3. The van der Waals surface area contributed by atoms with Crippen LogP contribution in [0.25, 0.3) is 12.2 Å². The van der Waals surface area contributed by atoms with Crippen molar-refractivity contribution >= 4 is 56.9 Å². The van der Waals surface area contributed by atoms with Gasteiger partial charge in [-0.05, 0) is 29.3 Å². The predicted octanol–water partition coefficient (Wildman–Crippen LogP) is 3.60. The lowest BCUT2D eigenvalue weighted by atomic mass is 10.0. The van der Waals surface area contributed by atoms with Crippen molar-refractivity contribution in [2.24, 2.45) is 0 Å². The number of ether oxygens (including phenoxy) is 1. The molecule has 156 valence electrons. The van der Waals surface area contributed by atoms with Gasteiger partial charge >= 0.3 is 5.97 Å². The Morgan fingerprint density at radius 3 is 2.70 bits per heavy atom. The fraction of sp³-hybridized carbons (Fsp3) is 0.0556. The fourth-order valence-corrected chi connectivity index (χ4v) is 5.77. The molecule has 0 saturated heterocycles. The van der Waals surface area contributed by atoms with Crippen molar-refractivity contribution in [1.29, 1.82) is 0 Å². The van der Waals surface area contributed by atoms with Crippen LogP contribution in [0, 0.1) is 0 Å². The molecule has 1 aromatic carbocycles. The highest BCUT2D eigenvalue weighted by atomic mass is 32.2. The van der Waals surface area contributed by atoms with E-state index in [2.05, 4.69) is 37.8 Å². The largest absolute Gasteiger partial charge is 0.506 e. The minimum Gasteiger partial charge on any atom is -0.506 e. The topological polar surface area (TPSA) is 134 Å². The summed E-state index contributed by atoms with van der Waals surface area (Å²) in [4.78, 5) is 15.9. The van der Waals surface area contributed by atoms with Crippen LogP contribution in [0.4, 0.5) is 5.69 Å². The molecule has 3 N–H and O–H groups in total. The second-order valence-corrected chi connectivity index (χ2v) is 9.21. The number of esters is 1. The van der Waals surface area contributed by atoms with Gasteiger partial charge in [-0.25, -0.2) is 18.2 Å². The van der Waals surface area contributed by atoms with E-state index in [0.29, 0.717) is 15.6 Å². The van der Waals surface area contributed by atoms with Crippen LogP contribution >= 0.6 is 23.1 Å². The molecule has 3 aromatic rings. The first kappa shape index (κ1) is 21.6. The van der Waals surface area contributed by atoms with Crippen LogP contribution in [-0.2, 0) is 14.8 Å². The third-order valence-electron chi connectivity index (χ3n) is 3.89. The highest BCUT2D eigenvalue weighted by Gasteiger charge is 2.26. The molecule has 0 amide bonds. The molecule has 30 heavy (non-hydrogen) atoms. The molecule has 0 radical (unpaired) electrons.